The van der Waals surface area contributed by atoms with Crippen LogP contribution in [0.1, 0.15) is 19.1 Å². The minimum absolute atomic E-state index is 0.0816. The van der Waals surface area contributed by atoms with Crippen molar-refractivity contribution >= 4 is 32.6 Å². The lowest BCUT2D eigenvalue weighted by atomic mass is 10.1. The predicted molar refractivity (Wildman–Crippen MR) is 112 cm³/mol. The molecule has 0 radical (unpaired) electrons. The number of fused-ring (bicyclic) bond motifs is 1. The van der Waals surface area contributed by atoms with E-state index in [0.717, 1.165) is 10.8 Å². The van der Waals surface area contributed by atoms with Crippen molar-refractivity contribution in [2.45, 2.75) is 30.8 Å². The number of hydrogen-bond acceptors (Lipinski definition) is 5. The van der Waals surface area contributed by atoms with Crippen molar-refractivity contribution in [3.05, 3.63) is 66.6 Å². The Morgan fingerprint density at radius 3 is 2.53 bits per heavy atom. The van der Waals surface area contributed by atoms with E-state index in [1.807, 2.05) is 24.3 Å². The molecule has 0 fully saturated rings. The Morgan fingerprint density at radius 2 is 1.80 bits per heavy atom. The van der Waals surface area contributed by atoms with Crippen LogP contribution in [0.25, 0.3) is 10.8 Å². The molecule has 30 heavy (non-hydrogen) atoms. The zero-order valence-electron chi connectivity index (χ0n) is 16.4. The molecule has 0 spiro atoms. The van der Waals surface area contributed by atoms with Gasteiger partial charge in [-0.3, -0.25) is 9.59 Å². The number of amides is 2. The molecule has 0 saturated heterocycles. The van der Waals surface area contributed by atoms with Gasteiger partial charge in [0.25, 0.3) is 0 Å². The summed E-state index contributed by atoms with van der Waals surface area (Å²) in [6, 6.07) is 15.0. The largest absolute Gasteiger partial charge is 0.467 e. The Hall–Kier alpha value is -3.17. The second kappa shape index (κ2) is 9.55. The highest BCUT2D eigenvalue weighted by Crippen LogP contribution is 2.18. The third kappa shape index (κ3) is 5.68. The highest BCUT2D eigenvalue weighted by Gasteiger charge is 2.18. The summed E-state index contributed by atoms with van der Waals surface area (Å²) >= 11 is 0. The first-order valence-corrected chi connectivity index (χ1v) is 10.9. The molecule has 1 atom stereocenters. The maximum Gasteiger partial charge on any atom is 0.242 e. The molecule has 3 N–H and O–H groups in total. The van der Waals surface area contributed by atoms with E-state index in [1.165, 1.54) is 12.3 Å². The molecular formula is C21H23N3O5S. The van der Waals surface area contributed by atoms with Crippen LogP contribution in [0.2, 0.25) is 0 Å². The fourth-order valence-corrected chi connectivity index (χ4v) is 3.90. The number of carbonyl (C=O) groups excluding carboxylic acids is 2. The van der Waals surface area contributed by atoms with Crippen LogP contribution in [0.5, 0.6) is 0 Å². The Labute approximate surface area is 174 Å². The van der Waals surface area contributed by atoms with Gasteiger partial charge in [-0.2, -0.15) is 0 Å². The SMILES string of the molecule is CC(NC(=O)CCNS(=O)(=O)c1ccc2ccccc2c1)C(=O)NCc1ccco1. The summed E-state index contributed by atoms with van der Waals surface area (Å²) in [5, 5.41) is 6.94. The Morgan fingerprint density at radius 1 is 1.03 bits per heavy atom. The molecule has 0 aliphatic carbocycles. The van der Waals surface area contributed by atoms with Crippen molar-refractivity contribution in [2.75, 3.05) is 6.54 Å². The second-order valence-corrected chi connectivity index (χ2v) is 8.51. The molecule has 0 aliphatic rings. The van der Waals surface area contributed by atoms with Gasteiger partial charge in [0.2, 0.25) is 21.8 Å². The number of benzene rings is 2. The minimum atomic E-state index is -3.75. The molecule has 2 aromatic carbocycles. The van der Waals surface area contributed by atoms with Crippen molar-refractivity contribution in [3.63, 3.8) is 0 Å². The molecule has 158 valence electrons. The number of nitrogens with one attached hydrogen (secondary N) is 3. The van der Waals surface area contributed by atoms with Crippen LogP contribution in [0.3, 0.4) is 0 Å². The van der Waals surface area contributed by atoms with E-state index in [1.54, 1.807) is 31.2 Å². The van der Waals surface area contributed by atoms with Gasteiger partial charge in [0.1, 0.15) is 11.8 Å². The standard InChI is InChI=1S/C21H23N3O5S/c1-15(21(26)22-14-18-7-4-12-29-18)24-20(25)10-11-23-30(27,28)19-9-8-16-5-2-3-6-17(16)13-19/h2-9,12-13,15,23H,10-11,14H2,1H3,(H,22,26)(H,24,25). The molecule has 1 heterocycles. The third-order valence-electron chi connectivity index (χ3n) is 4.46. The van der Waals surface area contributed by atoms with Crippen LogP contribution in [-0.4, -0.2) is 32.8 Å². The van der Waals surface area contributed by atoms with Crippen molar-refractivity contribution in [2.24, 2.45) is 0 Å². The molecule has 8 nitrogen and oxygen atoms in total. The van der Waals surface area contributed by atoms with Gasteiger partial charge in [-0.25, -0.2) is 13.1 Å². The predicted octanol–water partition coefficient (Wildman–Crippen LogP) is 1.92. The van der Waals surface area contributed by atoms with Gasteiger partial charge in [0.05, 0.1) is 17.7 Å². The fourth-order valence-electron chi connectivity index (χ4n) is 2.84. The van der Waals surface area contributed by atoms with Gasteiger partial charge >= 0.3 is 0 Å². The van der Waals surface area contributed by atoms with Crippen LogP contribution in [0.15, 0.2) is 70.2 Å². The molecule has 3 aromatic rings. The lowest BCUT2D eigenvalue weighted by Crippen LogP contribution is -2.45. The van der Waals surface area contributed by atoms with E-state index in [2.05, 4.69) is 15.4 Å². The van der Waals surface area contributed by atoms with Gasteiger partial charge in [0.15, 0.2) is 0 Å². The van der Waals surface area contributed by atoms with E-state index in [4.69, 9.17) is 4.42 Å². The molecule has 0 bridgehead atoms. The fraction of sp³-hybridized carbons (Fsp3) is 0.238. The monoisotopic (exact) mass is 429 g/mol. The van der Waals surface area contributed by atoms with E-state index in [0.29, 0.717) is 5.76 Å². The number of carbonyl (C=O) groups is 2. The zero-order chi connectivity index (χ0) is 21.6. The van der Waals surface area contributed by atoms with Crippen LogP contribution in [0, 0.1) is 0 Å². The quantitative estimate of drug-likeness (QED) is 0.480. The normalized spacial score (nSPS) is 12.4. The summed E-state index contributed by atoms with van der Waals surface area (Å²) in [4.78, 5) is 24.2. The topological polar surface area (TPSA) is 118 Å². The molecule has 1 aromatic heterocycles. The maximum atomic E-state index is 12.5. The van der Waals surface area contributed by atoms with Gasteiger partial charge in [-0.1, -0.05) is 30.3 Å². The first-order valence-electron chi connectivity index (χ1n) is 9.43. The van der Waals surface area contributed by atoms with Crippen molar-refractivity contribution in [3.8, 4) is 0 Å². The minimum Gasteiger partial charge on any atom is -0.467 e. The van der Waals surface area contributed by atoms with Crippen LogP contribution in [0.4, 0.5) is 0 Å². The van der Waals surface area contributed by atoms with Gasteiger partial charge in [0, 0.05) is 13.0 Å². The molecule has 0 saturated carbocycles. The van der Waals surface area contributed by atoms with Crippen LogP contribution < -0.4 is 15.4 Å². The highest BCUT2D eigenvalue weighted by molar-refractivity contribution is 7.89. The van der Waals surface area contributed by atoms with Gasteiger partial charge < -0.3 is 15.1 Å². The molecule has 2 amide bonds. The van der Waals surface area contributed by atoms with Crippen molar-refractivity contribution < 1.29 is 22.4 Å². The number of sulfonamides is 1. The smallest absolute Gasteiger partial charge is 0.242 e. The Kier molecular flexibility index (Phi) is 6.86. The van der Waals surface area contributed by atoms with E-state index < -0.39 is 22.0 Å². The Bertz CT molecular complexity index is 1130. The van der Waals surface area contributed by atoms with E-state index in [9.17, 15) is 18.0 Å². The second-order valence-electron chi connectivity index (χ2n) is 6.74. The van der Waals surface area contributed by atoms with Crippen molar-refractivity contribution in [1.82, 2.24) is 15.4 Å². The van der Waals surface area contributed by atoms with Crippen molar-refractivity contribution in [1.29, 1.82) is 0 Å². The van der Waals surface area contributed by atoms with Gasteiger partial charge in [-0.05, 0) is 42.0 Å². The molecule has 9 heteroatoms. The maximum absolute atomic E-state index is 12.5. The van der Waals surface area contributed by atoms with E-state index >= 15 is 0 Å². The van der Waals surface area contributed by atoms with Gasteiger partial charge in [-0.15, -0.1) is 0 Å². The first-order chi connectivity index (χ1) is 14.3. The zero-order valence-corrected chi connectivity index (χ0v) is 17.2. The summed E-state index contributed by atoms with van der Waals surface area (Å²) < 4.78 is 32.5. The molecular weight excluding hydrogens is 406 g/mol. The summed E-state index contributed by atoms with van der Waals surface area (Å²) in [5.41, 5.74) is 0. The average molecular weight is 429 g/mol. The average Bonchev–Trinajstić information content (AvgIpc) is 3.25. The van der Waals surface area contributed by atoms with Crippen LogP contribution in [-0.2, 0) is 26.2 Å². The van der Waals surface area contributed by atoms with E-state index in [-0.39, 0.29) is 30.3 Å². The lowest BCUT2D eigenvalue weighted by molar-refractivity contribution is -0.128. The van der Waals surface area contributed by atoms with Crippen LogP contribution >= 0.6 is 0 Å². The third-order valence-corrected chi connectivity index (χ3v) is 5.92. The molecule has 1 unspecified atom stereocenters. The summed E-state index contributed by atoms with van der Waals surface area (Å²) in [6.07, 6.45) is 1.41. The summed E-state index contributed by atoms with van der Waals surface area (Å²) in [7, 11) is -3.75. The number of hydrogen-bond donors (Lipinski definition) is 3. The highest BCUT2D eigenvalue weighted by atomic mass is 32.2. The Balaban J connectivity index is 1.46. The lowest BCUT2D eigenvalue weighted by Gasteiger charge is -2.14. The molecule has 3 rings (SSSR count). The summed E-state index contributed by atoms with van der Waals surface area (Å²) in [5.74, 6) is -0.196. The number of rotatable bonds is 9. The number of furan rings is 1. The summed E-state index contributed by atoms with van der Waals surface area (Å²) in [6.45, 7) is 1.69. The molecule has 0 aliphatic heterocycles. The first kappa shape index (κ1) is 21.5.